The minimum atomic E-state index is -4.40. The molecule has 1 unspecified atom stereocenters. The van der Waals surface area contributed by atoms with Gasteiger partial charge in [0.2, 0.25) is 0 Å². The lowest BCUT2D eigenvalue weighted by Crippen LogP contribution is -2.51. The Morgan fingerprint density at radius 2 is 1.89 bits per heavy atom. The lowest BCUT2D eigenvalue weighted by Gasteiger charge is -2.58. The summed E-state index contributed by atoms with van der Waals surface area (Å²) in [5.74, 6) is 2.43. The molecule has 4 rings (SSSR count). The summed E-state index contributed by atoms with van der Waals surface area (Å²) in [5, 5.41) is 0. The molecule has 0 aromatic carbocycles. The van der Waals surface area contributed by atoms with E-state index in [-0.39, 0.29) is 16.7 Å². The smallest absolute Gasteiger partial charge is 0.300 e. The van der Waals surface area contributed by atoms with Crippen molar-refractivity contribution in [3.05, 3.63) is 11.6 Å². The van der Waals surface area contributed by atoms with Crippen LogP contribution in [0, 0.1) is 34.5 Å². The van der Waals surface area contributed by atoms with Gasteiger partial charge in [-0.1, -0.05) is 25.5 Å². The van der Waals surface area contributed by atoms with Gasteiger partial charge < -0.3 is 0 Å². The van der Waals surface area contributed by atoms with E-state index in [4.69, 9.17) is 8.74 Å². The molecule has 5 nitrogen and oxygen atoms in total. The molecule has 4 aliphatic carbocycles. The minimum absolute atomic E-state index is 0.0949. The Morgan fingerprint density at radius 1 is 1.15 bits per heavy atom. The number of rotatable bonds is 3. The summed E-state index contributed by atoms with van der Waals surface area (Å²) >= 11 is 0. The average molecular weight is 397 g/mol. The molecule has 3 saturated carbocycles. The van der Waals surface area contributed by atoms with Crippen LogP contribution in [0.15, 0.2) is 11.6 Å². The first-order valence-corrected chi connectivity index (χ1v) is 11.8. The molecule has 3 fully saturated rings. The second-order valence-corrected chi connectivity index (χ2v) is 11.0. The lowest BCUT2D eigenvalue weighted by atomic mass is 9.47. The van der Waals surface area contributed by atoms with Crippen molar-refractivity contribution in [1.29, 1.82) is 0 Å². The van der Waals surface area contributed by atoms with Crippen molar-refractivity contribution in [2.45, 2.75) is 78.2 Å². The van der Waals surface area contributed by atoms with Gasteiger partial charge in [0, 0.05) is 5.92 Å². The Hall–Kier alpha value is -0.720. The van der Waals surface area contributed by atoms with E-state index in [1.165, 1.54) is 5.57 Å². The van der Waals surface area contributed by atoms with E-state index in [9.17, 15) is 13.2 Å². The largest absolute Gasteiger partial charge is 0.397 e. The molecule has 0 spiro atoms. The number of carbonyl (C=O) groups is 1. The standard InChI is InChI=1S/C21H32O5S/c1-13(22)17-6-7-18-16-5-4-14-12-15(26-27(23,24)25)8-10-20(14,2)19(16)9-11-21(17,18)3/h4,15-19H,5-12H2,1-3H3,(H,23,24,25)/t15?,16-,17+,18-,19-,20-,21+/m0/s1. The van der Waals surface area contributed by atoms with Gasteiger partial charge >= 0.3 is 10.4 Å². The van der Waals surface area contributed by atoms with Gasteiger partial charge in [-0.15, -0.1) is 0 Å². The fourth-order valence-electron chi connectivity index (χ4n) is 7.55. The highest BCUT2D eigenvalue weighted by Gasteiger charge is 2.59. The number of hydrogen-bond donors (Lipinski definition) is 1. The maximum absolute atomic E-state index is 12.2. The van der Waals surface area contributed by atoms with Crippen LogP contribution in [0.3, 0.4) is 0 Å². The molecule has 0 heterocycles. The van der Waals surface area contributed by atoms with Crippen molar-refractivity contribution in [2.24, 2.45) is 34.5 Å². The highest BCUT2D eigenvalue weighted by molar-refractivity contribution is 7.80. The quantitative estimate of drug-likeness (QED) is 0.567. The Morgan fingerprint density at radius 3 is 2.56 bits per heavy atom. The molecule has 152 valence electrons. The Labute approximate surface area is 162 Å². The first-order chi connectivity index (χ1) is 12.5. The normalized spacial score (nSPS) is 46.8. The molecule has 1 N–H and O–H groups in total. The molecule has 0 aliphatic heterocycles. The van der Waals surface area contributed by atoms with E-state index in [0.29, 0.717) is 36.4 Å². The molecule has 0 amide bonds. The van der Waals surface area contributed by atoms with Crippen molar-refractivity contribution < 1.29 is 21.9 Å². The number of carbonyl (C=O) groups excluding carboxylic acids is 1. The predicted octanol–water partition coefficient (Wildman–Crippen LogP) is 4.34. The van der Waals surface area contributed by atoms with Gasteiger partial charge in [0.05, 0.1) is 6.10 Å². The summed E-state index contributed by atoms with van der Waals surface area (Å²) in [4.78, 5) is 12.2. The van der Waals surface area contributed by atoms with Gasteiger partial charge in [-0.3, -0.25) is 9.35 Å². The molecule has 0 aromatic heterocycles. The average Bonchev–Trinajstić information content (AvgIpc) is 2.91. The molecule has 0 radical (unpaired) electrons. The lowest BCUT2D eigenvalue weighted by molar-refractivity contribution is -0.127. The molecule has 0 saturated heterocycles. The van der Waals surface area contributed by atoms with Crippen LogP contribution in [0.25, 0.3) is 0 Å². The molecular formula is C21H32O5S. The maximum atomic E-state index is 12.2. The number of ketones is 1. The minimum Gasteiger partial charge on any atom is -0.300 e. The van der Waals surface area contributed by atoms with Gasteiger partial charge in [-0.05, 0) is 86.9 Å². The summed E-state index contributed by atoms with van der Waals surface area (Å²) in [6.07, 6.45) is 9.54. The van der Waals surface area contributed by atoms with Crippen molar-refractivity contribution >= 4 is 16.2 Å². The topological polar surface area (TPSA) is 80.7 Å². The van der Waals surface area contributed by atoms with E-state index in [0.717, 1.165) is 38.5 Å². The number of allylic oxidation sites excluding steroid dienone is 1. The van der Waals surface area contributed by atoms with Gasteiger partial charge in [0.1, 0.15) is 5.78 Å². The zero-order valence-corrected chi connectivity index (χ0v) is 17.4. The van der Waals surface area contributed by atoms with E-state index >= 15 is 0 Å². The van der Waals surface area contributed by atoms with E-state index in [1.807, 2.05) is 0 Å². The molecule has 27 heavy (non-hydrogen) atoms. The van der Waals surface area contributed by atoms with Crippen molar-refractivity contribution in [1.82, 2.24) is 0 Å². The van der Waals surface area contributed by atoms with Gasteiger partial charge in [-0.25, -0.2) is 4.18 Å². The first kappa shape index (κ1) is 19.6. The van der Waals surface area contributed by atoms with Crippen LogP contribution in [-0.2, 0) is 19.4 Å². The summed E-state index contributed by atoms with van der Waals surface area (Å²) < 4.78 is 36.1. The van der Waals surface area contributed by atoms with Crippen LogP contribution in [-0.4, -0.2) is 24.9 Å². The SMILES string of the molecule is CC(=O)[C@H]1CC[C@H]2[C@@H]3CC=C4CC(OS(=O)(=O)O)CC[C@]4(C)[C@H]3CC[C@]12C. The third kappa shape index (κ3) is 3.12. The van der Waals surface area contributed by atoms with Crippen molar-refractivity contribution in [2.75, 3.05) is 0 Å². The van der Waals surface area contributed by atoms with Gasteiger partial charge in [-0.2, -0.15) is 8.42 Å². The number of hydrogen-bond acceptors (Lipinski definition) is 4. The van der Waals surface area contributed by atoms with Crippen LogP contribution >= 0.6 is 0 Å². The molecular weight excluding hydrogens is 364 g/mol. The zero-order valence-electron chi connectivity index (χ0n) is 16.6. The second kappa shape index (κ2) is 6.39. The van der Waals surface area contributed by atoms with E-state index < -0.39 is 16.5 Å². The Balaban J connectivity index is 1.58. The van der Waals surface area contributed by atoms with E-state index in [2.05, 4.69) is 19.9 Å². The number of fused-ring (bicyclic) bond motifs is 5. The zero-order chi connectivity index (χ0) is 19.6. The van der Waals surface area contributed by atoms with Crippen LogP contribution in [0.4, 0.5) is 0 Å². The summed E-state index contributed by atoms with van der Waals surface area (Å²) in [7, 11) is -4.40. The maximum Gasteiger partial charge on any atom is 0.397 e. The molecule has 4 aliphatic rings. The van der Waals surface area contributed by atoms with Crippen LogP contribution in [0.2, 0.25) is 0 Å². The van der Waals surface area contributed by atoms with Gasteiger partial charge in [0.25, 0.3) is 0 Å². The fourth-order valence-corrected chi connectivity index (χ4v) is 8.06. The van der Waals surface area contributed by atoms with Gasteiger partial charge in [0.15, 0.2) is 0 Å². The second-order valence-electron chi connectivity index (χ2n) is 9.93. The highest BCUT2D eigenvalue weighted by atomic mass is 32.3. The first-order valence-electron chi connectivity index (χ1n) is 10.4. The summed E-state index contributed by atoms with van der Waals surface area (Å²) in [6, 6.07) is 0. The molecule has 0 bridgehead atoms. The predicted molar refractivity (Wildman–Crippen MR) is 102 cm³/mol. The Kier molecular flexibility index (Phi) is 4.64. The highest BCUT2D eigenvalue weighted by Crippen LogP contribution is 2.66. The third-order valence-corrected chi connectivity index (χ3v) is 9.32. The van der Waals surface area contributed by atoms with Crippen molar-refractivity contribution in [3.63, 3.8) is 0 Å². The van der Waals surface area contributed by atoms with E-state index in [1.54, 1.807) is 6.92 Å². The number of Topliss-reactive ketones (excluding diaryl/α,β-unsaturated/α-hetero) is 1. The monoisotopic (exact) mass is 396 g/mol. The van der Waals surface area contributed by atoms with Crippen LogP contribution in [0.5, 0.6) is 0 Å². The Bertz CT molecular complexity index is 771. The molecule has 0 aromatic rings. The molecule has 7 atom stereocenters. The fraction of sp³-hybridized carbons (Fsp3) is 0.857. The third-order valence-electron chi connectivity index (χ3n) is 8.81. The van der Waals surface area contributed by atoms with Crippen LogP contribution < -0.4 is 0 Å². The summed E-state index contributed by atoms with van der Waals surface area (Å²) in [6.45, 7) is 6.46. The van der Waals surface area contributed by atoms with Crippen LogP contribution in [0.1, 0.15) is 72.1 Å². The van der Waals surface area contributed by atoms with Crippen molar-refractivity contribution in [3.8, 4) is 0 Å². The summed E-state index contributed by atoms with van der Waals surface area (Å²) in [5.41, 5.74) is 1.56. The molecule has 6 heteroatoms.